The second-order valence-corrected chi connectivity index (χ2v) is 4.46. The molecular formula is C12H14FNO2. The molecular weight excluding hydrogens is 209 g/mol. The van der Waals surface area contributed by atoms with E-state index in [4.69, 9.17) is 10.8 Å². The summed E-state index contributed by atoms with van der Waals surface area (Å²) < 4.78 is 13.4. The second-order valence-electron chi connectivity index (χ2n) is 4.46. The zero-order chi connectivity index (χ0) is 11.9. The van der Waals surface area contributed by atoms with Crippen molar-refractivity contribution in [2.45, 2.75) is 31.7 Å². The Morgan fingerprint density at radius 1 is 1.50 bits per heavy atom. The highest BCUT2D eigenvalue weighted by Gasteiger charge is 2.36. The van der Waals surface area contributed by atoms with Crippen molar-refractivity contribution in [3.8, 4) is 0 Å². The number of benzene rings is 1. The highest BCUT2D eigenvalue weighted by Crippen LogP contribution is 2.40. The van der Waals surface area contributed by atoms with Crippen molar-refractivity contribution in [2.75, 3.05) is 0 Å². The average Bonchev–Trinajstić information content (AvgIpc) is 2.13. The normalized spacial score (nSPS) is 17.9. The van der Waals surface area contributed by atoms with E-state index >= 15 is 0 Å². The van der Waals surface area contributed by atoms with E-state index in [1.54, 1.807) is 6.92 Å². The molecule has 2 rings (SSSR count). The lowest BCUT2D eigenvalue weighted by Gasteiger charge is -2.39. The maximum Gasteiger partial charge on any atom is 0.338 e. The maximum absolute atomic E-state index is 13.4. The van der Waals surface area contributed by atoms with Crippen LogP contribution in [0.3, 0.4) is 0 Å². The van der Waals surface area contributed by atoms with Gasteiger partial charge in [-0.1, -0.05) is 0 Å². The molecule has 4 heteroatoms. The van der Waals surface area contributed by atoms with Crippen molar-refractivity contribution in [1.29, 1.82) is 0 Å². The van der Waals surface area contributed by atoms with Crippen LogP contribution in [0.5, 0.6) is 0 Å². The van der Waals surface area contributed by atoms with E-state index < -0.39 is 17.3 Å². The highest BCUT2D eigenvalue weighted by molar-refractivity contribution is 5.88. The smallest absolute Gasteiger partial charge is 0.338 e. The standard InChI is InChI=1S/C12H14FNO2/c1-7-5-10(13)8(11(15)16)6-9(7)12(14)3-2-4-12/h5-6H,2-4,14H2,1H3,(H,15,16). The van der Waals surface area contributed by atoms with E-state index in [1.807, 2.05) is 0 Å². The Labute approximate surface area is 93.1 Å². The van der Waals surface area contributed by atoms with E-state index in [0.29, 0.717) is 0 Å². The third-order valence-corrected chi connectivity index (χ3v) is 3.33. The summed E-state index contributed by atoms with van der Waals surface area (Å²) in [4.78, 5) is 10.8. The summed E-state index contributed by atoms with van der Waals surface area (Å²) in [6.07, 6.45) is 2.70. The zero-order valence-electron chi connectivity index (χ0n) is 9.09. The van der Waals surface area contributed by atoms with Crippen molar-refractivity contribution < 1.29 is 14.3 Å². The number of carbonyl (C=O) groups is 1. The molecule has 1 aromatic carbocycles. The fourth-order valence-corrected chi connectivity index (χ4v) is 2.20. The molecule has 0 atom stereocenters. The van der Waals surface area contributed by atoms with Crippen LogP contribution in [0.25, 0.3) is 0 Å². The first kappa shape index (κ1) is 11.1. The monoisotopic (exact) mass is 223 g/mol. The van der Waals surface area contributed by atoms with Crippen molar-refractivity contribution in [1.82, 2.24) is 0 Å². The lowest BCUT2D eigenvalue weighted by molar-refractivity contribution is 0.0691. The molecule has 86 valence electrons. The first-order valence-electron chi connectivity index (χ1n) is 5.27. The number of carboxylic acid groups (broad SMARTS) is 1. The van der Waals surface area contributed by atoms with E-state index in [-0.39, 0.29) is 5.56 Å². The number of halogens is 1. The van der Waals surface area contributed by atoms with Gasteiger partial charge in [0.15, 0.2) is 0 Å². The molecule has 0 aromatic heterocycles. The predicted octanol–water partition coefficient (Wildman–Crippen LogP) is 2.17. The Bertz CT molecular complexity index is 453. The number of carboxylic acids is 1. The molecule has 0 spiro atoms. The number of nitrogens with two attached hydrogens (primary N) is 1. The molecule has 0 bridgehead atoms. The van der Waals surface area contributed by atoms with Gasteiger partial charge in [-0.3, -0.25) is 0 Å². The lowest BCUT2D eigenvalue weighted by Crippen LogP contribution is -2.44. The van der Waals surface area contributed by atoms with Gasteiger partial charge in [-0.05, 0) is 49.4 Å². The van der Waals surface area contributed by atoms with Gasteiger partial charge < -0.3 is 10.8 Å². The molecule has 0 radical (unpaired) electrons. The molecule has 1 aliphatic rings. The van der Waals surface area contributed by atoms with Crippen LogP contribution in [0.2, 0.25) is 0 Å². The van der Waals surface area contributed by atoms with Crippen molar-refractivity contribution in [3.63, 3.8) is 0 Å². The van der Waals surface area contributed by atoms with Crippen LogP contribution >= 0.6 is 0 Å². The third-order valence-electron chi connectivity index (χ3n) is 3.33. The zero-order valence-corrected chi connectivity index (χ0v) is 9.09. The Hall–Kier alpha value is -1.42. The van der Waals surface area contributed by atoms with Gasteiger partial charge in [0.2, 0.25) is 0 Å². The molecule has 1 aliphatic carbocycles. The van der Waals surface area contributed by atoms with Gasteiger partial charge in [0, 0.05) is 5.54 Å². The first-order chi connectivity index (χ1) is 7.44. The largest absolute Gasteiger partial charge is 0.478 e. The molecule has 3 nitrogen and oxygen atoms in total. The molecule has 0 saturated heterocycles. The fraction of sp³-hybridized carbons (Fsp3) is 0.417. The van der Waals surface area contributed by atoms with E-state index in [2.05, 4.69) is 0 Å². The number of rotatable bonds is 2. The van der Waals surface area contributed by atoms with E-state index in [1.165, 1.54) is 12.1 Å². The predicted molar refractivity (Wildman–Crippen MR) is 57.8 cm³/mol. The van der Waals surface area contributed by atoms with E-state index in [0.717, 1.165) is 30.4 Å². The molecule has 0 aliphatic heterocycles. The summed E-state index contributed by atoms with van der Waals surface area (Å²) in [6.45, 7) is 1.76. The minimum Gasteiger partial charge on any atom is -0.478 e. The minimum atomic E-state index is -1.25. The minimum absolute atomic E-state index is 0.294. The van der Waals surface area contributed by atoms with Crippen LogP contribution < -0.4 is 5.73 Å². The molecule has 0 unspecified atom stereocenters. The third kappa shape index (κ3) is 1.59. The van der Waals surface area contributed by atoms with Crippen LogP contribution in [0.15, 0.2) is 12.1 Å². The Morgan fingerprint density at radius 3 is 2.56 bits per heavy atom. The molecule has 16 heavy (non-hydrogen) atoms. The number of aromatic carboxylic acids is 1. The van der Waals surface area contributed by atoms with Gasteiger partial charge >= 0.3 is 5.97 Å². The summed E-state index contributed by atoms with van der Waals surface area (Å²) in [5.74, 6) is -1.95. The summed E-state index contributed by atoms with van der Waals surface area (Å²) in [5.41, 5.74) is 6.87. The first-order valence-corrected chi connectivity index (χ1v) is 5.27. The molecule has 1 aromatic rings. The van der Waals surface area contributed by atoms with Gasteiger partial charge in [0.1, 0.15) is 5.82 Å². The Balaban J connectivity index is 2.53. The molecule has 3 N–H and O–H groups in total. The topological polar surface area (TPSA) is 63.3 Å². The van der Waals surface area contributed by atoms with Gasteiger partial charge in [0.25, 0.3) is 0 Å². The Morgan fingerprint density at radius 2 is 2.12 bits per heavy atom. The molecule has 1 saturated carbocycles. The van der Waals surface area contributed by atoms with Gasteiger partial charge in [-0.25, -0.2) is 9.18 Å². The van der Waals surface area contributed by atoms with Gasteiger partial charge in [-0.2, -0.15) is 0 Å². The quantitative estimate of drug-likeness (QED) is 0.807. The van der Waals surface area contributed by atoms with Crippen LogP contribution in [-0.2, 0) is 5.54 Å². The molecule has 0 heterocycles. The number of hydrogen-bond acceptors (Lipinski definition) is 2. The number of hydrogen-bond donors (Lipinski definition) is 2. The maximum atomic E-state index is 13.4. The van der Waals surface area contributed by atoms with Crippen molar-refractivity contribution in [3.05, 3.63) is 34.6 Å². The average molecular weight is 223 g/mol. The molecule has 1 fully saturated rings. The highest BCUT2D eigenvalue weighted by atomic mass is 19.1. The number of aryl methyl sites for hydroxylation is 1. The summed E-state index contributed by atoms with van der Waals surface area (Å²) in [5, 5.41) is 8.86. The SMILES string of the molecule is Cc1cc(F)c(C(=O)O)cc1C1(N)CCC1. The summed E-state index contributed by atoms with van der Waals surface area (Å²) in [6, 6.07) is 2.64. The van der Waals surface area contributed by atoms with Crippen LogP contribution in [0, 0.1) is 12.7 Å². The fourth-order valence-electron chi connectivity index (χ4n) is 2.20. The summed E-state index contributed by atoms with van der Waals surface area (Å²) >= 11 is 0. The summed E-state index contributed by atoms with van der Waals surface area (Å²) in [7, 11) is 0. The van der Waals surface area contributed by atoms with Crippen molar-refractivity contribution in [2.24, 2.45) is 5.73 Å². The Kier molecular flexibility index (Phi) is 2.46. The van der Waals surface area contributed by atoms with Gasteiger partial charge in [0.05, 0.1) is 5.56 Å². The van der Waals surface area contributed by atoms with E-state index in [9.17, 15) is 9.18 Å². The second kappa shape index (κ2) is 3.56. The van der Waals surface area contributed by atoms with Crippen LogP contribution in [0.4, 0.5) is 4.39 Å². The molecule has 0 amide bonds. The van der Waals surface area contributed by atoms with Gasteiger partial charge in [-0.15, -0.1) is 0 Å². The van der Waals surface area contributed by atoms with Crippen LogP contribution in [-0.4, -0.2) is 11.1 Å². The van der Waals surface area contributed by atoms with Crippen LogP contribution in [0.1, 0.15) is 40.7 Å². The van der Waals surface area contributed by atoms with Crippen molar-refractivity contribution >= 4 is 5.97 Å². The lowest BCUT2D eigenvalue weighted by atomic mass is 9.71.